The molecule has 21 heavy (non-hydrogen) atoms. The van der Waals surface area contributed by atoms with E-state index in [2.05, 4.69) is 0 Å². The molecule has 2 rings (SSSR count). The van der Waals surface area contributed by atoms with Gasteiger partial charge in [0.2, 0.25) is 0 Å². The number of rotatable bonds is 4. The Kier molecular flexibility index (Phi) is 4.04. The first-order chi connectivity index (χ1) is 9.81. The van der Waals surface area contributed by atoms with Crippen molar-refractivity contribution >= 4 is 21.5 Å². The minimum Gasteiger partial charge on any atom is -0.295 e. The fraction of sp³-hybridized carbons (Fsp3) is 0.0714. The number of carbonyl (C=O) groups excluding carboxylic acids is 1. The molecule has 0 saturated carbocycles. The molecule has 0 amide bonds. The summed E-state index contributed by atoms with van der Waals surface area (Å²) in [6, 6.07) is 8.31. The summed E-state index contributed by atoms with van der Waals surface area (Å²) in [5.74, 6) is -2.63. The molecule has 0 spiro atoms. The molecule has 110 valence electrons. The molecule has 0 aliphatic rings. The fourth-order valence-electron chi connectivity index (χ4n) is 1.66. The minimum absolute atomic E-state index is 0.156. The lowest BCUT2D eigenvalue weighted by atomic mass is 10.2. The SMILES string of the molecule is CC(=O)c1ccc(S(=O)(=O)Nc2cccc(F)c2F)cc1. The van der Waals surface area contributed by atoms with Gasteiger partial charge in [-0.2, -0.15) is 0 Å². The second-order valence-corrected chi connectivity index (χ2v) is 5.97. The number of carbonyl (C=O) groups is 1. The van der Waals surface area contributed by atoms with Gasteiger partial charge in [0.25, 0.3) is 10.0 Å². The highest BCUT2D eigenvalue weighted by atomic mass is 32.2. The maximum absolute atomic E-state index is 13.5. The summed E-state index contributed by atoms with van der Waals surface area (Å²) in [7, 11) is -4.06. The van der Waals surface area contributed by atoms with Crippen molar-refractivity contribution < 1.29 is 22.0 Å². The van der Waals surface area contributed by atoms with Crippen LogP contribution in [0.3, 0.4) is 0 Å². The Labute approximate surface area is 120 Å². The van der Waals surface area contributed by atoms with E-state index in [1.807, 2.05) is 4.72 Å². The van der Waals surface area contributed by atoms with E-state index in [9.17, 15) is 22.0 Å². The molecule has 0 radical (unpaired) electrons. The second kappa shape index (κ2) is 5.61. The minimum atomic E-state index is -4.06. The van der Waals surface area contributed by atoms with Gasteiger partial charge >= 0.3 is 0 Å². The first-order valence-corrected chi connectivity index (χ1v) is 7.37. The van der Waals surface area contributed by atoms with E-state index in [1.165, 1.54) is 37.3 Å². The van der Waals surface area contributed by atoms with Crippen molar-refractivity contribution in [1.82, 2.24) is 0 Å². The van der Waals surface area contributed by atoms with Gasteiger partial charge in [0.15, 0.2) is 17.4 Å². The number of nitrogens with one attached hydrogen (secondary N) is 1. The Morgan fingerprint density at radius 3 is 2.24 bits per heavy atom. The standard InChI is InChI=1S/C14H11F2NO3S/c1-9(18)10-5-7-11(8-6-10)21(19,20)17-13-4-2-3-12(15)14(13)16/h2-8,17H,1H3. The van der Waals surface area contributed by atoms with E-state index in [0.29, 0.717) is 5.56 Å². The predicted molar refractivity (Wildman–Crippen MR) is 73.6 cm³/mol. The van der Waals surface area contributed by atoms with E-state index in [1.54, 1.807) is 0 Å². The van der Waals surface area contributed by atoms with Crippen molar-refractivity contribution in [1.29, 1.82) is 0 Å². The Morgan fingerprint density at radius 2 is 1.67 bits per heavy atom. The average molecular weight is 311 g/mol. The molecule has 2 aromatic rings. The number of sulfonamides is 1. The molecule has 0 aliphatic heterocycles. The van der Waals surface area contributed by atoms with Crippen LogP contribution in [0, 0.1) is 11.6 Å². The summed E-state index contributed by atoms with van der Waals surface area (Å²) in [4.78, 5) is 11.0. The highest BCUT2D eigenvalue weighted by Gasteiger charge is 2.18. The zero-order valence-corrected chi connectivity index (χ0v) is 11.7. The number of ketones is 1. The van der Waals surface area contributed by atoms with Crippen LogP contribution in [0.5, 0.6) is 0 Å². The quantitative estimate of drug-likeness (QED) is 0.883. The van der Waals surface area contributed by atoms with E-state index in [4.69, 9.17) is 0 Å². The smallest absolute Gasteiger partial charge is 0.261 e. The molecule has 1 N–H and O–H groups in total. The monoisotopic (exact) mass is 311 g/mol. The van der Waals surface area contributed by atoms with E-state index < -0.39 is 27.3 Å². The summed E-state index contributed by atoms with van der Waals surface area (Å²) in [5, 5.41) is 0. The number of anilines is 1. The zero-order valence-electron chi connectivity index (χ0n) is 10.9. The van der Waals surface area contributed by atoms with E-state index in [0.717, 1.165) is 12.1 Å². The molecule has 0 fully saturated rings. The van der Waals surface area contributed by atoms with Crippen LogP contribution in [0.15, 0.2) is 47.4 Å². The van der Waals surface area contributed by atoms with Gasteiger partial charge in [-0.3, -0.25) is 9.52 Å². The number of benzene rings is 2. The molecule has 0 bridgehead atoms. The van der Waals surface area contributed by atoms with Crippen molar-refractivity contribution in [2.75, 3.05) is 4.72 Å². The Morgan fingerprint density at radius 1 is 1.05 bits per heavy atom. The molecule has 4 nitrogen and oxygen atoms in total. The van der Waals surface area contributed by atoms with Crippen molar-refractivity contribution in [3.05, 3.63) is 59.7 Å². The van der Waals surface area contributed by atoms with Crippen molar-refractivity contribution in [3.8, 4) is 0 Å². The molecule has 0 aliphatic carbocycles. The summed E-state index contributed by atoms with van der Waals surface area (Å²) in [6.07, 6.45) is 0. The average Bonchev–Trinajstić information content (AvgIpc) is 2.44. The van der Waals surface area contributed by atoms with Crippen LogP contribution < -0.4 is 4.72 Å². The molecule has 0 unspecified atom stereocenters. The predicted octanol–water partition coefficient (Wildman–Crippen LogP) is 2.97. The largest absolute Gasteiger partial charge is 0.295 e. The third-order valence-corrected chi connectivity index (χ3v) is 4.15. The molecule has 0 heterocycles. The van der Waals surface area contributed by atoms with Crippen LogP contribution in [-0.2, 0) is 10.0 Å². The third kappa shape index (κ3) is 3.25. The van der Waals surface area contributed by atoms with Gasteiger partial charge in [0.05, 0.1) is 10.6 Å². The maximum atomic E-state index is 13.5. The van der Waals surface area contributed by atoms with Gasteiger partial charge in [-0.25, -0.2) is 17.2 Å². The Hall–Kier alpha value is -2.28. The molecule has 7 heteroatoms. The van der Waals surface area contributed by atoms with Crippen molar-refractivity contribution in [3.63, 3.8) is 0 Å². The summed E-state index contributed by atoms with van der Waals surface area (Å²) in [6.45, 7) is 1.35. The van der Waals surface area contributed by atoms with Crippen LogP contribution in [0.1, 0.15) is 17.3 Å². The third-order valence-electron chi connectivity index (χ3n) is 2.77. The summed E-state index contributed by atoms with van der Waals surface area (Å²) >= 11 is 0. The van der Waals surface area contributed by atoms with Crippen LogP contribution in [-0.4, -0.2) is 14.2 Å². The molecule has 0 saturated heterocycles. The molecule has 0 aromatic heterocycles. The topological polar surface area (TPSA) is 63.2 Å². The van der Waals surface area contributed by atoms with Crippen LogP contribution in [0.2, 0.25) is 0 Å². The fourth-order valence-corrected chi connectivity index (χ4v) is 2.71. The number of hydrogen-bond donors (Lipinski definition) is 1. The van der Waals surface area contributed by atoms with Gasteiger partial charge < -0.3 is 0 Å². The van der Waals surface area contributed by atoms with Crippen molar-refractivity contribution in [2.45, 2.75) is 11.8 Å². The molecule has 0 atom stereocenters. The second-order valence-electron chi connectivity index (χ2n) is 4.29. The zero-order chi connectivity index (χ0) is 15.6. The van der Waals surface area contributed by atoms with Gasteiger partial charge in [0, 0.05) is 5.56 Å². The molecular weight excluding hydrogens is 300 g/mol. The van der Waals surface area contributed by atoms with Gasteiger partial charge in [-0.05, 0) is 31.2 Å². The first-order valence-electron chi connectivity index (χ1n) is 5.89. The molecular formula is C14H11F2NO3S. The van der Waals surface area contributed by atoms with E-state index in [-0.39, 0.29) is 10.7 Å². The number of Topliss-reactive ketones (excluding diaryl/α,β-unsaturated/α-hetero) is 1. The number of halogens is 2. The van der Waals surface area contributed by atoms with Gasteiger partial charge in [-0.15, -0.1) is 0 Å². The molecule has 2 aromatic carbocycles. The maximum Gasteiger partial charge on any atom is 0.261 e. The highest BCUT2D eigenvalue weighted by molar-refractivity contribution is 7.92. The normalized spacial score (nSPS) is 11.2. The first kappa shape index (κ1) is 15.1. The number of hydrogen-bond acceptors (Lipinski definition) is 3. The van der Waals surface area contributed by atoms with Gasteiger partial charge in [-0.1, -0.05) is 18.2 Å². The Bertz CT molecular complexity index is 786. The lowest BCUT2D eigenvalue weighted by Gasteiger charge is -2.09. The van der Waals surface area contributed by atoms with Crippen LogP contribution in [0.4, 0.5) is 14.5 Å². The van der Waals surface area contributed by atoms with Crippen LogP contribution >= 0.6 is 0 Å². The van der Waals surface area contributed by atoms with Crippen LogP contribution in [0.25, 0.3) is 0 Å². The van der Waals surface area contributed by atoms with Gasteiger partial charge in [0.1, 0.15) is 0 Å². The summed E-state index contributed by atoms with van der Waals surface area (Å²) in [5.41, 5.74) is -0.128. The Balaban J connectivity index is 2.34. The summed E-state index contributed by atoms with van der Waals surface area (Å²) < 4.78 is 52.6. The lowest BCUT2D eigenvalue weighted by molar-refractivity contribution is 0.101. The lowest BCUT2D eigenvalue weighted by Crippen LogP contribution is -2.14. The van der Waals surface area contributed by atoms with E-state index >= 15 is 0 Å². The van der Waals surface area contributed by atoms with Crippen molar-refractivity contribution in [2.24, 2.45) is 0 Å². The highest BCUT2D eigenvalue weighted by Crippen LogP contribution is 2.21.